The van der Waals surface area contributed by atoms with E-state index in [1.54, 1.807) is 7.11 Å². The highest BCUT2D eigenvalue weighted by atomic mass is 35.5. The number of fused-ring (bicyclic) bond motifs is 1. The van der Waals surface area contributed by atoms with Crippen LogP contribution >= 0.6 is 11.6 Å². The Morgan fingerprint density at radius 3 is 2.50 bits per heavy atom. The number of aromatic nitrogens is 1. The molecule has 0 fully saturated rings. The average Bonchev–Trinajstić information content (AvgIpc) is 2.71. The van der Waals surface area contributed by atoms with Crippen molar-refractivity contribution in [3.05, 3.63) is 48.7 Å². The smallest absolute Gasteiger partial charge is 0.138 e. The van der Waals surface area contributed by atoms with Crippen LogP contribution in [0.1, 0.15) is 5.69 Å². The third kappa shape index (κ3) is 2.22. The van der Waals surface area contributed by atoms with E-state index in [-0.39, 0.29) is 0 Å². The molecule has 0 spiro atoms. The van der Waals surface area contributed by atoms with Crippen LogP contribution in [0.25, 0.3) is 16.6 Å². The first-order valence-corrected chi connectivity index (χ1v) is 5.70. The van der Waals surface area contributed by atoms with Crippen molar-refractivity contribution in [3.8, 4) is 5.75 Å². The van der Waals surface area contributed by atoms with Gasteiger partial charge in [-0.2, -0.15) is 0 Å². The van der Waals surface area contributed by atoms with Crippen LogP contribution in [-0.4, -0.2) is 11.7 Å². The Kier molecular flexibility index (Phi) is 4.45. The van der Waals surface area contributed by atoms with Gasteiger partial charge in [-0.3, -0.25) is 0 Å². The van der Waals surface area contributed by atoms with Gasteiger partial charge in [-0.05, 0) is 18.2 Å². The molecule has 0 atom stereocenters. The maximum absolute atomic E-state index is 6.22. The second-order valence-corrected chi connectivity index (χ2v) is 4.01. The van der Waals surface area contributed by atoms with Crippen LogP contribution in [0.15, 0.2) is 37.9 Å². The summed E-state index contributed by atoms with van der Waals surface area (Å²) in [5.74, 6) is 0.661. The number of aryl methyl sites for hydroxylation is 1. The van der Waals surface area contributed by atoms with E-state index in [9.17, 15) is 0 Å². The zero-order chi connectivity index (χ0) is 13.9. The second kappa shape index (κ2) is 5.65. The largest absolute Gasteiger partial charge is 0.495 e. The molecule has 1 aromatic carbocycles. The number of ether oxygens (including phenoxy) is 1. The van der Waals surface area contributed by atoms with Crippen molar-refractivity contribution in [1.82, 2.24) is 4.57 Å². The van der Waals surface area contributed by atoms with Crippen LogP contribution in [0.5, 0.6) is 5.75 Å². The highest BCUT2D eigenvalue weighted by molar-refractivity contribution is 6.37. The molecule has 2 N–H and O–H groups in total. The molecule has 0 amide bonds. The van der Waals surface area contributed by atoms with Crippen LogP contribution in [-0.2, 0) is 7.05 Å². The minimum absolute atomic E-state index is 0.522. The predicted octanol–water partition coefficient (Wildman–Crippen LogP) is 3.57. The van der Waals surface area contributed by atoms with Crippen molar-refractivity contribution < 1.29 is 4.74 Å². The Morgan fingerprint density at radius 1 is 1.39 bits per heavy atom. The van der Waals surface area contributed by atoms with E-state index in [0.29, 0.717) is 16.5 Å². The van der Waals surface area contributed by atoms with E-state index in [4.69, 9.17) is 22.1 Å². The number of hydrogen-bond donors (Lipinski definition) is 1. The molecule has 0 saturated heterocycles. The Morgan fingerprint density at radius 2 is 2.00 bits per heavy atom. The number of nitrogens with zero attached hydrogens (tertiary/aromatic N) is 1. The van der Waals surface area contributed by atoms with Crippen LogP contribution in [0.4, 0.5) is 0 Å². The first-order valence-electron chi connectivity index (χ1n) is 5.33. The molecule has 0 unspecified atom stereocenters. The Hall–Kier alpha value is -1.87. The summed E-state index contributed by atoms with van der Waals surface area (Å²) in [7, 11) is 3.53. The maximum atomic E-state index is 6.22. The van der Waals surface area contributed by atoms with E-state index in [0.717, 1.165) is 16.6 Å². The minimum Gasteiger partial charge on any atom is -0.495 e. The zero-order valence-electron chi connectivity index (χ0n) is 10.7. The molecule has 0 saturated carbocycles. The number of nitrogens with two attached hydrogens (primary N) is 1. The topological polar surface area (TPSA) is 40.2 Å². The summed E-state index contributed by atoms with van der Waals surface area (Å²) in [6, 6.07) is 5.71. The minimum atomic E-state index is 0.522. The lowest BCUT2D eigenvalue weighted by molar-refractivity contribution is 0.415. The van der Waals surface area contributed by atoms with Crippen LogP contribution in [0.2, 0.25) is 5.02 Å². The summed E-state index contributed by atoms with van der Waals surface area (Å²) in [5, 5.41) is 1.52. The van der Waals surface area contributed by atoms with E-state index < -0.39 is 0 Å². The van der Waals surface area contributed by atoms with Crippen LogP contribution in [0, 0.1) is 0 Å². The lowest BCUT2D eigenvalue weighted by Gasteiger charge is -2.05. The van der Waals surface area contributed by atoms with Crippen molar-refractivity contribution in [2.45, 2.75) is 0 Å². The molecule has 0 bridgehead atoms. The molecule has 1 aromatic heterocycles. The van der Waals surface area contributed by atoms with Gasteiger partial charge in [-0.1, -0.05) is 18.2 Å². The molecular formula is C14H17ClN2O. The summed E-state index contributed by atoms with van der Waals surface area (Å²) in [6.45, 7) is 9.74. The first-order chi connectivity index (χ1) is 8.56. The Labute approximate surface area is 112 Å². The van der Waals surface area contributed by atoms with Crippen LogP contribution in [0.3, 0.4) is 0 Å². The molecule has 0 aliphatic rings. The molecule has 1 heterocycles. The third-order valence-electron chi connectivity index (χ3n) is 2.67. The van der Waals surface area contributed by atoms with Gasteiger partial charge in [0.2, 0.25) is 0 Å². The SMILES string of the molecule is C=C.C=C(N)c1cc2c(Cl)c(OC)ccc2n1C. The van der Waals surface area contributed by atoms with Crippen molar-refractivity contribution in [1.29, 1.82) is 0 Å². The third-order valence-corrected chi connectivity index (χ3v) is 3.06. The van der Waals surface area contributed by atoms with Crippen molar-refractivity contribution >= 4 is 28.2 Å². The predicted molar refractivity (Wildman–Crippen MR) is 79.0 cm³/mol. The molecule has 96 valence electrons. The van der Waals surface area contributed by atoms with Gasteiger partial charge >= 0.3 is 0 Å². The number of rotatable bonds is 2. The molecule has 2 rings (SSSR count). The molecule has 3 nitrogen and oxygen atoms in total. The summed E-state index contributed by atoms with van der Waals surface area (Å²) in [5.41, 5.74) is 8.10. The summed E-state index contributed by atoms with van der Waals surface area (Å²) < 4.78 is 7.13. The Bertz CT molecular complexity index is 587. The summed E-state index contributed by atoms with van der Waals surface area (Å²) >= 11 is 6.22. The maximum Gasteiger partial charge on any atom is 0.138 e. The van der Waals surface area contributed by atoms with Gasteiger partial charge in [-0.15, -0.1) is 13.2 Å². The zero-order valence-corrected chi connectivity index (χ0v) is 11.4. The fourth-order valence-corrected chi connectivity index (χ4v) is 2.11. The molecule has 0 aliphatic carbocycles. The molecule has 4 heteroatoms. The van der Waals surface area contributed by atoms with Gasteiger partial charge in [-0.25, -0.2) is 0 Å². The van der Waals surface area contributed by atoms with E-state index in [2.05, 4.69) is 19.7 Å². The van der Waals surface area contributed by atoms with Crippen molar-refractivity contribution in [2.24, 2.45) is 12.8 Å². The van der Waals surface area contributed by atoms with Gasteiger partial charge in [0.05, 0.1) is 23.3 Å². The number of methoxy groups -OCH3 is 1. The molecule has 0 radical (unpaired) electrons. The van der Waals surface area contributed by atoms with Gasteiger partial charge in [0.25, 0.3) is 0 Å². The number of halogens is 1. The van der Waals surface area contributed by atoms with Crippen LogP contribution < -0.4 is 10.5 Å². The molecule has 0 aliphatic heterocycles. The summed E-state index contributed by atoms with van der Waals surface area (Å²) in [4.78, 5) is 0. The number of benzene rings is 1. The average molecular weight is 265 g/mol. The normalized spacial score (nSPS) is 9.72. The van der Waals surface area contributed by atoms with E-state index in [1.165, 1.54) is 0 Å². The standard InChI is InChI=1S/C12H13ClN2O.C2H4/c1-7(14)10-6-8-9(15(10)2)4-5-11(16-3)12(8)13;1-2/h4-6H,1,14H2,2-3H3;1-2H2. The second-order valence-electron chi connectivity index (χ2n) is 3.63. The number of hydrogen-bond acceptors (Lipinski definition) is 2. The lowest BCUT2D eigenvalue weighted by atomic mass is 10.2. The first kappa shape index (κ1) is 14.2. The Balaban J connectivity index is 0.000000771. The van der Waals surface area contributed by atoms with Crippen molar-refractivity contribution in [3.63, 3.8) is 0 Å². The van der Waals surface area contributed by atoms with E-state index >= 15 is 0 Å². The van der Waals surface area contributed by atoms with Gasteiger partial charge in [0.15, 0.2) is 0 Å². The molecular weight excluding hydrogens is 248 g/mol. The summed E-state index contributed by atoms with van der Waals surface area (Å²) in [6.07, 6.45) is 0. The van der Waals surface area contributed by atoms with Gasteiger partial charge in [0, 0.05) is 18.1 Å². The lowest BCUT2D eigenvalue weighted by Crippen LogP contribution is -2.00. The highest BCUT2D eigenvalue weighted by Crippen LogP contribution is 2.34. The monoisotopic (exact) mass is 264 g/mol. The van der Waals surface area contributed by atoms with Gasteiger partial charge < -0.3 is 15.0 Å². The fourth-order valence-electron chi connectivity index (χ4n) is 1.82. The molecule has 18 heavy (non-hydrogen) atoms. The van der Waals surface area contributed by atoms with E-state index in [1.807, 2.05) is 29.8 Å². The quantitative estimate of drug-likeness (QED) is 0.843. The highest BCUT2D eigenvalue weighted by Gasteiger charge is 2.12. The molecule has 2 aromatic rings. The van der Waals surface area contributed by atoms with Gasteiger partial charge in [0.1, 0.15) is 5.75 Å². The van der Waals surface area contributed by atoms with Crippen molar-refractivity contribution in [2.75, 3.05) is 7.11 Å². The fraction of sp³-hybridized carbons (Fsp3) is 0.143.